The highest BCUT2D eigenvalue weighted by molar-refractivity contribution is 6.00. The molecule has 120 valence electrons. The van der Waals surface area contributed by atoms with Crippen LogP contribution in [0.15, 0.2) is 60.7 Å². The third-order valence-corrected chi connectivity index (χ3v) is 4.17. The van der Waals surface area contributed by atoms with E-state index in [0.717, 1.165) is 5.56 Å². The zero-order valence-electron chi connectivity index (χ0n) is 12.9. The molecule has 0 spiro atoms. The van der Waals surface area contributed by atoms with Gasteiger partial charge in [0.2, 0.25) is 0 Å². The van der Waals surface area contributed by atoms with Crippen LogP contribution in [0.2, 0.25) is 0 Å². The van der Waals surface area contributed by atoms with Crippen molar-refractivity contribution in [3.63, 3.8) is 0 Å². The van der Waals surface area contributed by atoms with Crippen molar-refractivity contribution in [2.75, 3.05) is 6.61 Å². The fourth-order valence-corrected chi connectivity index (χ4v) is 2.86. The largest absolute Gasteiger partial charge is 0.449 e. The molecule has 2 aromatic carbocycles. The highest BCUT2D eigenvalue weighted by Gasteiger charge is 2.63. The summed E-state index contributed by atoms with van der Waals surface area (Å²) in [5.74, 6) is -1.05. The molecule has 0 aromatic heterocycles. The number of esters is 1. The van der Waals surface area contributed by atoms with Crippen LogP contribution in [0.25, 0.3) is 0 Å². The van der Waals surface area contributed by atoms with Crippen molar-refractivity contribution in [2.45, 2.75) is 17.9 Å². The second kappa shape index (κ2) is 6.55. The van der Waals surface area contributed by atoms with Crippen molar-refractivity contribution < 1.29 is 14.3 Å². The van der Waals surface area contributed by atoms with Crippen LogP contribution >= 0.6 is 0 Å². The molecule has 1 amide bonds. The van der Waals surface area contributed by atoms with Gasteiger partial charge in [0.25, 0.3) is 5.91 Å². The van der Waals surface area contributed by atoms with Crippen LogP contribution in [0.4, 0.5) is 0 Å². The summed E-state index contributed by atoms with van der Waals surface area (Å²) in [6.45, 7) is -0.330. The molecule has 0 aliphatic heterocycles. The third kappa shape index (κ3) is 2.99. The molecule has 5 heteroatoms. The number of carbonyl (C=O) groups is 2. The van der Waals surface area contributed by atoms with Gasteiger partial charge in [0.05, 0.1) is 0 Å². The van der Waals surface area contributed by atoms with E-state index in [-0.39, 0.29) is 18.4 Å². The molecule has 0 unspecified atom stereocenters. The van der Waals surface area contributed by atoms with Gasteiger partial charge in [-0.3, -0.25) is 4.79 Å². The second-order valence-electron chi connectivity index (χ2n) is 5.69. The number of ether oxygens (including phenoxy) is 1. The predicted molar refractivity (Wildman–Crippen MR) is 87.0 cm³/mol. The van der Waals surface area contributed by atoms with Gasteiger partial charge >= 0.3 is 5.97 Å². The Morgan fingerprint density at radius 2 is 1.75 bits per heavy atom. The Morgan fingerprint density at radius 3 is 2.38 bits per heavy atom. The second-order valence-corrected chi connectivity index (χ2v) is 5.69. The normalized spacial score (nSPS) is 21.4. The Morgan fingerprint density at radius 1 is 1.12 bits per heavy atom. The summed E-state index contributed by atoms with van der Waals surface area (Å²) in [5, 5.41) is 11.4. The number of benzene rings is 2. The lowest BCUT2D eigenvalue weighted by Crippen LogP contribution is -2.45. The molecule has 0 radical (unpaired) electrons. The monoisotopic (exact) mass is 320 g/mol. The van der Waals surface area contributed by atoms with Crippen molar-refractivity contribution in [3.05, 3.63) is 71.8 Å². The maximum absolute atomic E-state index is 12.5. The average Bonchev–Trinajstić information content (AvgIpc) is 3.36. The van der Waals surface area contributed by atoms with Gasteiger partial charge in [-0.25, -0.2) is 4.79 Å². The van der Waals surface area contributed by atoms with Gasteiger partial charge in [-0.2, -0.15) is 5.26 Å². The molecule has 0 saturated heterocycles. The number of carbonyl (C=O) groups excluding carboxylic acids is 2. The van der Waals surface area contributed by atoms with E-state index in [0.29, 0.717) is 12.0 Å². The minimum absolute atomic E-state index is 0.155. The highest BCUT2D eigenvalue weighted by atomic mass is 16.5. The predicted octanol–water partition coefficient (Wildman–Crippen LogP) is 2.41. The average molecular weight is 320 g/mol. The molecule has 0 bridgehead atoms. The first kappa shape index (κ1) is 15.8. The first-order valence-electron chi connectivity index (χ1n) is 7.64. The molecule has 1 fully saturated rings. The van der Waals surface area contributed by atoms with E-state index in [1.807, 2.05) is 36.4 Å². The Hall–Kier alpha value is -3.13. The Balaban J connectivity index is 1.83. The van der Waals surface area contributed by atoms with Gasteiger partial charge in [0, 0.05) is 11.5 Å². The highest BCUT2D eigenvalue weighted by Crippen LogP contribution is 2.52. The van der Waals surface area contributed by atoms with Crippen molar-refractivity contribution in [1.29, 1.82) is 5.26 Å². The van der Waals surface area contributed by atoms with Crippen LogP contribution < -0.4 is 5.32 Å². The standard InChI is InChI=1S/C19H16N2O3/c20-11-12-24-18(23)19(13-16(19)14-7-3-1-4-8-14)21-17(22)15-9-5-2-6-10-15/h1-10,16H,12-13H2,(H,21,22)/t16-,19+/m1/s1. The van der Waals surface area contributed by atoms with Crippen LogP contribution in [0.3, 0.4) is 0 Å². The third-order valence-electron chi connectivity index (χ3n) is 4.17. The number of nitrogens with one attached hydrogen (secondary N) is 1. The van der Waals surface area contributed by atoms with Gasteiger partial charge in [-0.05, 0) is 24.1 Å². The van der Waals surface area contributed by atoms with Crippen LogP contribution in [-0.2, 0) is 9.53 Å². The van der Waals surface area contributed by atoms with Crippen LogP contribution in [-0.4, -0.2) is 24.0 Å². The van der Waals surface area contributed by atoms with Gasteiger partial charge in [0.15, 0.2) is 6.61 Å². The fraction of sp³-hybridized carbons (Fsp3) is 0.211. The fourth-order valence-electron chi connectivity index (χ4n) is 2.86. The number of amides is 1. The van der Waals surface area contributed by atoms with Gasteiger partial charge in [0.1, 0.15) is 11.6 Å². The SMILES string of the molecule is N#CCOC(=O)[C@]1(NC(=O)c2ccccc2)C[C@@H]1c1ccccc1. The van der Waals surface area contributed by atoms with E-state index < -0.39 is 11.5 Å². The van der Waals surface area contributed by atoms with E-state index in [2.05, 4.69) is 5.32 Å². The molecule has 1 N–H and O–H groups in total. The number of rotatable bonds is 5. The zero-order chi connectivity index (χ0) is 17.0. The van der Waals surface area contributed by atoms with Crippen LogP contribution in [0, 0.1) is 11.3 Å². The van der Waals surface area contributed by atoms with Crippen molar-refractivity contribution in [3.8, 4) is 6.07 Å². The Bertz CT molecular complexity index is 783. The number of nitriles is 1. The van der Waals surface area contributed by atoms with E-state index in [1.54, 1.807) is 30.3 Å². The van der Waals surface area contributed by atoms with E-state index >= 15 is 0 Å². The topological polar surface area (TPSA) is 79.2 Å². The van der Waals surface area contributed by atoms with Gasteiger partial charge < -0.3 is 10.1 Å². The summed E-state index contributed by atoms with van der Waals surface area (Å²) in [7, 11) is 0. The molecule has 2 atom stereocenters. The van der Waals surface area contributed by atoms with E-state index in [4.69, 9.17) is 10.00 Å². The molecule has 24 heavy (non-hydrogen) atoms. The van der Waals surface area contributed by atoms with Crippen LogP contribution in [0.1, 0.15) is 28.3 Å². The molecular formula is C19H16N2O3. The molecule has 3 rings (SSSR count). The van der Waals surface area contributed by atoms with Crippen molar-refractivity contribution in [1.82, 2.24) is 5.32 Å². The maximum atomic E-state index is 12.5. The molecule has 2 aromatic rings. The van der Waals surface area contributed by atoms with Gasteiger partial charge in [-0.15, -0.1) is 0 Å². The number of nitrogens with zero attached hydrogens (tertiary/aromatic N) is 1. The first-order valence-corrected chi connectivity index (χ1v) is 7.64. The smallest absolute Gasteiger partial charge is 0.333 e. The van der Waals surface area contributed by atoms with Crippen molar-refractivity contribution >= 4 is 11.9 Å². The molecule has 5 nitrogen and oxygen atoms in total. The summed E-state index contributed by atoms with van der Waals surface area (Å²) < 4.78 is 4.99. The summed E-state index contributed by atoms with van der Waals surface area (Å²) >= 11 is 0. The Labute approximate surface area is 139 Å². The molecular weight excluding hydrogens is 304 g/mol. The minimum Gasteiger partial charge on any atom is -0.449 e. The lowest BCUT2D eigenvalue weighted by Gasteiger charge is -2.18. The molecule has 1 aliphatic carbocycles. The summed E-state index contributed by atoms with van der Waals surface area (Å²) in [6, 6.07) is 20.0. The van der Waals surface area contributed by atoms with Crippen molar-refractivity contribution in [2.24, 2.45) is 0 Å². The summed E-state index contributed by atoms with van der Waals surface area (Å²) in [4.78, 5) is 24.9. The minimum atomic E-state index is -1.11. The summed E-state index contributed by atoms with van der Waals surface area (Å²) in [5.41, 5.74) is 0.328. The maximum Gasteiger partial charge on any atom is 0.333 e. The summed E-state index contributed by atoms with van der Waals surface area (Å²) in [6.07, 6.45) is 0.458. The lowest BCUT2D eigenvalue weighted by atomic mass is 10.1. The number of hydrogen-bond donors (Lipinski definition) is 1. The number of hydrogen-bond acceptors (Lipinski definition) is 4. The van der Waals surface area contributed by atoms with Gasteiger partial charge in [-0.1, -0.05) is 48.5 Å². The zero-order valence-corrected chi connectivity index (χ0v) is 12.9. The first-order chi connectivity index (χ1) is 11.7. The quantitative estimate of drug-likeness (QED) is 0.858. The lowest BCUT2D eigenvalue weighted by molar-refractivity contribution is -0.145. The van der Waals surface area contributed by atoms with Crippen LogP contribution in [0.5, 0.6) is 0 Å². The van der Waals surface area contributed by atoms with E-state index in [9.17, 15) is 9.59 Å². The molecule has 1 aliphatic rings. The van der Waals surface area contributed by atoms with E-state index in [1.165, 1.54) is 0 Å². The molecule has 1 saturated carbocycles. The molecule has 0 heterocycles. The Kier molecular flexibility index (Phi) is 4.30.